The number of anilines is 2. The van der Waals surface area contributed by atoms with E-state index in [1.54, 1.807) is 24.3 Å². The Balaban J connectivity index is 1.74. The summed E-state index contributed by atoms with van der Waals surface area (Å²) in [5.41, 5.74) is 0.771. The van der Waals surface area contributed by atoms with E-state index in [2.05, 4.69) is 10.6 Å². The number of para-hydroxylation sites is 2. The number of nitrogens with one attached hydrogen (secondary N) is 2. The number of rotatable bonds is 6. The smallest absolute Gasteiger partial charge is 0.335 e. The average molecular weight is 384 g/mol. The molecule has 0 radical (unpaired) electrons. The average Bonchev–Trinajstić information content (AvgIpc) is 2.63. The quantitative estimate of drug-likeness (QED) is 0.706. The van der Waals surface area contributed by atoms with Crippen molar-refractivity contribution < 1.29 is 29.0 Å². The summed E-state index contributed by atoms with van der Waals surface area (Å²) in [5.74, 6) is -1.23. The maximum atomic E-state index is 12.5. The molecular formula is C20H20N2O6. The SMILES string of the molecule is CC(C)Oc1ccc(C(=O)O)cc1NC(=O)CC1Oc2ccccc2NC1=O. The van der Waals surface area contributed by atoms with Crippen LogP contribution in [0.15, 0.2) is 42.5 Å². The predicted molar refractivity (Wildman–Crippen MR) is 102 cm³/mol. The number of hydrogen-bond acceptors (Lipinski definition) is 5. The van der Waals surface area contributed by atoms with Gasteiger partial charge in [0.1, 0.15) is 11.5 Å². The molecular weight excluding hydrogens is 364 g/mol. The second kappa shape index (κ2) is 7.99. The van der Waals surface area contributed by atoms with Crippen molar-refractivity contribution in [2.45, 2.75) is 32.5 Å². The van der Waals surface area contributed by atoms with Crippen molar-refractivity contribution in [1.29, 1.82) is 0 Å². The van der Waals surface area contributed by atoms with E-state index < -0.39 is 23.9 Å². The first-order valence-electron chi connectivity index (χ1n) is 8.74. The lowest BCUT2D eigenvalue weighted by molar-refractivity contribution is -0.128. The van der Waals surface area contributed by atoms with Crippen molar-refractivity contribution >= 4 is 29.2 Å². The van der Waals surface area contributed by atoms with Gasteiger partial charge in [0, 0.05) is 0 Å². The van der Waals surface area contributed by atoms with Crippen molar-refractivity contribution in [2.75, 3.05) is 10.6 Å². The van der Waals surface area contributed by atoms with E-state index in [1.807, 2.05) is 13.8 Å². The van der Waals surface area contributed by atoms with Crippen LogP contribution >= 0.6 is 0 Å². The van der Waals surface area contributed by atoms with Gasteiger partial charge in [0.2, 0.25) is 5.91 Å². The zero-order chi connectivity index (χ0) is 20.3. The predicted octanol–water partition coefficient (Wildman–Crippen LogP) is 2.90. The molecule has 1 unspecified atom stereocenters. The summed E-state index contributed by atoms with van der Waals surface area (Å²) in [6.45, 7) is 3.63. The van der Waals surface area contributed by atoms with E-state index in [1.165, 1.54) is 18.2 Å². The highest BCUT2D eigenvalue weighted by atomic mass is 16.5. The van der Waals surface area contributed by atoms with E-state index in [0.29, 0.717) is 17.2 Å². The van der Waals surface area contributed by atoms with Gasteiger partial charge in [0.15, 0.2) is 6.10 Å². The van der Waals surface area contributed by atoms with Crippen LogP contribution in [0.25, 0.3) is 0 Å². The number of ether oxygens (including phenoxy) is 2. The molecule has 0 aliphatic carbocycles. The molecule has 0 fully saturated rings. The number of fused-ring (bicyclic) bond motifs is 1. The molecule has 2 amide bonds. The second-order valence-electron chi connectivity index (χ2n) is 6.53. The fourth-order valence-electron chi connectivity index (χ4n) is 2.71. The Bertz CT molecular complexity index is 925. The summed E-state index contributed by atoms with van der Waals surface area (Å²) in [6.07, 6.45) is -1.40. The van der Waals surface area contributed by atoms with Crippen LogP contribution in [0.2, 0.25) is 0 Å². The van der Waals surface area contributed by atoms with E-state index in [4.69, 9.17) is 9.47 Å². The fraction of sp³-hybridized carbons (Fsp3) is 0.250. The van der Waals surface area contributed by atoms with E-state index in [0.717, 1.165) is 0 Å². The molecule has 0 spiro atoms. The molecule has 1 aliphatic heterocycles. The number of benzene rings is 2. The van der Waals surface area contributed by atoms with Gasteiger partial charge in [-0.1, -0.05) is 12.1 Å². The molecule has 1 heterocycles. The van der Waals surface area contributed by atoms with Gasteiger partial charge in [-0.15, -0.1) is 0 Å². The molecule has 28 heavy (non-hydrogen) atoms. The summed E-state index contributed by atoms with van der Waals surface area (Å²) in [5, 5.41) is 14.5. The summed E-state index contributed by atoms with van der Waals surface area (Å²) in [6, 6.07) is 11.1. The van der Waals surface area contributed by atoms with Gasteiger partial charge in [-0.2, -0.15) is 0 Å². The molecule has 0 saturated heterocycles. The number of hydrogen-bond donors (Lipinski definition) is 3. The molecule has 3 N–H and O–H groups in total. The van der Waals surface area contributed by atoms with Crippen molar-refractivity contribution in [3.63, 3.8) is 0 Å². The van der Waals surface area contributed by atoms with Gasteiger partial charge < -0.3 is 25.2 Å². The molecule has 0 aromatic heterocycles. The summed E-state index contributed by atoms with van der Waals surface area (Å²) >= 11 is 0. The first-order chi connectivity index (χ1) is 13.3. The van der Waals surface area contributed by atoms with Crippen LogP contribution in [0.5, 0.6) is 11.5 Å². The minimum Gasteiger partial charge on any atom is -0.489 e. The minimum absolute atomic E-state index is 0.00647. The Morgan fingerprint density at radius 3 is 2.71 bits per heavy atom. The summed E-state index contributed by atoms with van der Waals surface area (Å²) in [7, 11) is 0. The Hall–Kier alpha value is -3.55. The van der Waals surface area contributed by atoms with Gasteiger partial charge in [-0.3, -0.25) is 9.59 Å². The molecule has 0 saturated carbocycles. The lowest BCUT2D eigenvalue weighted by atomic mass is 10.1. The van der Waals surface area contributed by atoms with Gasteiger partial charge >= 0.3 is 5.97 Å². The third-order valence-corrected chi connectivity index (χ3v) is 3.94. The number of carbonyl (C=O) groups is 3. The molecule has 146 valence electrons. The van der Waals surface area contributed by atoms with Crippen LogP contribution in [0, 0.1) is 0 Å². The number of carbonyl (C=O) groups excluding carboxylic acids is 2. The monoisotopic (exact) mass is 384 g/mol. The Kier molecular flexibility index (Phi) is 5.49. The molecule has 1 atom stereocenters. The van der Waals surface area contributed by atoms with Gasteiger partial charge in [-0.25, -0.2) is 4.79 Å². The zero-order valence-electron chi connectivity index (χ0n) is 15.4. The van der Waals surface area contributed by atoms with Crippen molar-refractivity contribution in [3.8, 4) is 11.5 Å². The van der Waals surface area contributed by atoms with Crippen molar-refractivity contribution in [3.05, 3.63) is 48.0 Å². The van der Waals surface area contributed by atoms with Gasteiger partial charge in [0.05, 0.1) is 29.5 Å². The number of carboxylic acids is 1. The first kappa shape index (κ1) is 19.2. The third-order valence-electron chi connectivity index (χ3n) is 3.94. The van der Waals surface area contributed by atoms with E-state index in [9.17, 15) is 19.5 Å². The van der Waals surface area contributed by atoms with E-state index >= 15 is 0 Å². The Morgan fingerprint density at radius 1 is 1.25 bits per heavy atom. The zero-order valence-corrected chi connectivity index (χ0v) is 15.4. The number of aromatic carboxylic acids is 1. The maximum Gasteiger partial charge on any atom is 0.335 e. The lowest BCUT2D eigenvalue weighted by Crippen LogP contribution is -2.39. The van der Waals surface area contributed by atoms with Crippen molar-refractivity contribution in [1.82, 2.24) is 0 Å². The summed E-state index contributed by atoms with van der Waals surface area (Å²) < 4.78 is 11.2. The van der Waals surface area contributed by atoms with Crippen LogP contribution in [0.3, 0.4) is 0 Å². The highest BCUT2D eigenvalue weighted by molar-refractivity contribution is 6.02. The van der Waals surface area contributed by atoms with Crippen LogP contribution in [-0.2, 0) is 9.59 Å². The molecule has 8 heteroatoms. The van der Waals surface area contributed by atoms with Crippen LogP contribution in [-0.4, -0.2) is 35.1 Å². The Morgan fingerprint density at radius 2 is 2.00 bits per heavy atom. The molecule has 2 aromatic carbocycles. The lowest BCUT2D eigenvalue weighted by Gasteiger charge is -2.25. The van der Waals surface area contributed by atoms with Gasteiger partial charge in [-0.05, 0) is 44.2 Å². The number of amides is 2. The molecule has 3 rings (SSSR count). The molecule has 8 nitrogen and oxygen atoms in total. The highest BCUT2D eigenvalue weighted by Crippen LogP contribution is 2.31. The van der Waals surface area contributed by atoms with E-state index in [-0.39, 0.29) is 23.8 Å². The van der Waals surface area contributed by atoms with Crippen molar-refractivity contribution in [2.24, 2.45) is 0 Å². The highest BCUT2D eigenvalue weighted by Gasteiger charge is 2.29. The maximum absolute atomic E-state index is 12.5. The second-order valence-corrected chi connectivity index (χ2v) is 6.53. The van der Waals surface area contributed by atoms with Gasteiger partial charge in [0.25, 0.3) is 5.91 Å². The van der Waals surface area contributed by atoms with Crippen LogP contribution in [0.4, 0.5) is 11.4 Å². The third kappa shape index (κ3) is 4.40. The summed E-state index contributed by atoms with van der Waals surface area (Å²) in [4.78, 5) is 35.9. The minimum atomic E-state index is -1.13. The van der Waals surface area contributed by atoms with Crippen LogP contribution in [0.1, 0.15) is 30.6 Å². The Labute approximate surface area is 161 Å². The number of carboxylic acid groups (broad SMARTS) is 1. The standard InChI is InChI=1S/C20H20N2O6/c1-11(2)27-16-8-7-12(20(25)26)9-14(16)21-18(23)10-17-19(24)22-13-5-3-4-6-15(13)28-17/h3-9,11,17H,10H2,1-2H3,(H,21,23)(H,22,24)(H,25,26). The molecule has 1 aliphatic rings. The molecule has 2 aromatic rings. The normalized spacial score (nSPS) is 15.2. The van der Waals surface area contributed by atoms with Crippen LogP contribution < -0.4 is 20.1 Å². The topological polar surface area (TPSA) is 114 Å². The first-order valence-corrected chi connectivity index (χ1v) is 8.74. The molecule has 0 bridgehead atoms. The fourth-order valence-corrected chi connectivity index (χ4v) is 2.71. The largest absolute Gasteiger partial charge is 0.489 e.